The maximum Gasteiger partial charge on any atom is 0.255 e. The Hall–Kier alpha value is -1.92. The Labute approximate surface area is 148 Å². The first kappa shape index (κ1) is 15.3. The molecule has 6 heteroatoms. The molecule has 2 aromatic rings. The summed E-state index contributed by atoms with van der Waals surface area (Å²) < 4.78 is 1.91. The first-order chi connectivity index (χ1) is 12.3. The van der Waals surface area contributed by atoms with Gasteiger partial charge < -0.3 is 14.2 Å². The standard InChI is InChI=1S/C19H25N5O/c25-19(16-1-2-18-20-5-8-24(18)13-16)23-11-9-22(10-12-23)17-14-21-6-3-15(17)4-7-21/h1-2,5,8,13,15,17H,3-4,6-7,9-12,14H2/t17-/m1/s1. The van der Waals surface area contributed by atoms with Gasteiger partial charge in [0, 0.05) is 57.4 Å². The molecule has 132 valence electrons. The predicted molar refractivity (Wildman–Crippen MR) is 95.6 cm³/mol. The van der Waals surface area contributed by atoms with Crippen LogP contribution in [0.15, 0.2) is 30.7 Å². The molecule has 2 bridgehead atoms. The highest BCUT2D eigenvalue weighted by Crippen LogP contribution is 2.31. The number of carbonyl (C=O) groups excluding carboxylic acids is 1. The normalized spacial score (nSPS) is 30.1. The lowest BCUT2D eigenvalue weighted by molar-refractivity contribution is -0.0131. The number of pyridine rings is 1. The molecule has 6 nitrogen and oxygen atoms in total. The third-order valence-electron chi connectivity index (χ3n) is 6.33. The average molecular weight is 339 g/mol. The molecule has 0 saturated carbocycles. The van der Waals surface area contributed by atoms with E-state index in [9.17, 15) is 4.79 Å². The van der Waals surface area contributed by atoms with Gasteiger partial charge in [-0.1, -0.05) is 0 Å². The maximum absolute atomic E-state index is 12.8. The van der Waals surface area contributed by atoms with Gasteiger partial charge in [0.15, 0.2) is 0 Å². The Kier molecular flexibility index (Phi) is 3.75. The van der Waals surface area contributed by atoms with Crippen molar-refractivity contribution in [1.29, 1.82) is 0 Å². The Morgan fingerprint density at radius 3 is 2.56 bits per heavy atom. The quantitative estimate of drug-likeness (QED) is 0.824. The third kappa shape index (κ3) is 2.73. The summed E-state index contributed by atoms with van der Waals surface area (Å²) in [5, 5.41) is 0. The van der Waals surface area contributed by atoms with Gasteiger partial charge in [-0.25, -0.2) is 4.98 Å². The van der Waals surface area contributed by atoms with Crippen molar-refractivity contribution in [1.82, 2.24) is 24.1 Å². The summed E-state index contributed by atoms with van der Waals surface area (Å²) in [7, 11) is 0. The number of fused-ring (bicyclic) bond motifs is 4. The topological polar surface area (TPSA) is 44.1 Å². The van der Waals surface area contributed by atoms with Gasteiger partial charge in [-0.15, -0.1) is 0 Å². The van der Waals surface area contributed by atoms with Gasteiger partial charge in [-0.3, -0.25) is 9.69 Å². The molecule has 2 aromatic heterocycles. The molecule has 4 fully saturated rings. The van der Waals surface area contributed by atoms with E-state index in [2.05, 4.69) is 14.8 Å². The van der Waals surface area contributed by atoms with Crippen LogP contribution in [-0.4, -0.2) is 81.8 Å². The number of piperazine rings is 1. The lowest BCUT2D eigenvalue weighted by Gasteiger charge is -2.51. The molecule has 4 saturated heterocycles. The Balaban J connectivity index is 1.24. The summed E-state index contributed by atoms with van der Waals surface area (Å²) in [5.41, 5.74) is 1.63. The van der Waals surface area contributed by atoms with Gasteiger partial charge in [-0.2, -0.15) is 0 Å². The molecule has 1 amide bonds. The van der Waals surface area contributed by atoms with Crippen molar-refractivity contribution in [3.05, 3.63) is 36.3 Å². The number of rotatable bonds is 2. The van der Waals surface area contributed by atoms with Crippen LogP contribution in [0.2, 0.25) is 0 Å². The third-order valence-corrected chi connectivity index (χ3v) is 6.33. The predicted octanol–water partition coefficient (Wildman–Crippen LogP) is 1.19. The van der Waals surface area contributed by atoms with Crippen LogP contribution in [0, 0.1) is 5.92 Å². The Morgan fingerprint density at radius 2 is 1.84 bits per heavy atom. The monoisotopic (exact) mass is 339 g/mol. The van der Waals surface area contributed by atoms with Crippen LogP contribution in [0.5, 0.6) is 0 Å². The van der Waals surface area contributed by atoms with Crippen LogP contribution in [-0.2, 0) is 0 Å². The number of hydrogen-bond donors (Lipinski definition) is 0. The summed E-state index contributed by atoms with van der Waals surface area (Å²) in [6, 6.07) is 4.52. The number of piperidine rings is 3. The van der Waals surface area contributed by atoms with Gasteiger partial charge in [0.25, 0.3) is 5.91 Å². The molecule has 0 N–H and O–H groups in total. The highest BCUT2D eigenvalue weighted by Gasteiger charge is 2.38. The summed E-state index contributed by atoms with van der Waals surface area (Å²) in [6.07, 6.45) is 8.25. The van der Waals surface area contributed by atoms with E-state index in [1.165, 1.54) is 32.5 Å². The fourth-order valence-electron chi connectivity index (χ4n) is 4.83. The van der Waals surface area contributed by atoms with Gasteiger partial charge in [0.1, 0.15) is 5.65 Å². The minimum Gasteiger partial charge on any atom is -0.336 e. The van der Waals surface area contributed by atoms with E-state index < -0.39 is 0 Å². The van der Waals surface area contributed by atoms with Gasteiger partial charge >= 0.3 is 0 Å². The number of carbonyl (C=O) groups is 1. The minimum absolute atomic E-state index is 0.143. The highest BCUT2D eigenvalue weighted by atomic mass is 16.2. The number of aromatic nitrogens is 2. The SMILES string of the molecule is O=C(c1ccc2nccn2c1)N1CCN([C@@H]2CN3CCC2CC3)CC1. The molecule has 0 aromatic carbocycles. The second-order valence-electron chi connectivity index (χ2n) is 7.64. The molecule has 0 spiro atoms. The number of nitrogens with zero attached hydrogens (tertiary/aromatic N) is 5. The summed E-state index contributed by atoms with van der Waals surface area (Å²) in [4.78, 5) is 24.3. The van der Waals surface area contributed by atoms with Crippen LogP contribution in [0.25, 0.3) is 5.65 Å². The van der Waals surface area contributed by atoms with Crippen molar-refractivity contribution >= 4 is 11.6 Å². The van der Waals surface area contributed by atoms with Gasteiger partial charge in [0.05, 0.1) is 5.56 Å². The van der Waals surface area contributed by atoms with Crippen molar-refractivity contribution in [2.75, 3.05) is 45.8 Å². The molecule has 25 heavy (non-hydrogen) atoms. The van der Waals surface area contributed by atoms with E-state index >= 15 is 0 Å². The first-order valence-corrected chi connectivity index (χ1v) is 9.46. The first-order valence-electron chi connectivity index (χ1n) is 9.46. The van der Waals surface area contributed by atoms with Crippen LogP contribution in [0.1, 0.15) is 23.2 Å². The van der Waals surface area contributed by atoms with Crippen molar-refractivity contribution in [2.45, 2.75) is 18.9 Å². The second kappa shape index (κ2) is 6.11. The van der Waals surface area contributed by atoms with Crippen LogP contribution in [0.4, 0.5) is 0 Å². The van der Waals surface area contributed by atoms with Crippen molar-refractivity contribution in [2.24, 2.45) is 5.92 Å². The molecule has 0 radical (unpaired) electrons. The lowest BCUT2D eigenvalue weighted by Crippen LogP contribution is -2.61. The zero-order valence-corrected chi connectivity index (χ0v) is 14.5. The molecular formula is C19H25N5O. The van der Waals surface area contributed by atoms with Crippen molar-refractivity contribution in [3.63, 3.8) is 0 Å². The zero-order chi connectivity index (χ0) is 16.8. The number of imidazole rings is 1. The molecule has 0 unspecified atom stereocenters. The maximum atomic E-state index is 12.8. The minimum atomic E-state index is 0.143. The van der Waals surface area contributed by atoms with Crippen LogP contribution in [0.3, 0.4) is 0 Å². The fraction of sp³-hybridized carbons (Fsp3) is 0.579. The summed E-state index contributed by atoms with van der Waals surface area (Å²) >= 11 is 0. The van der Waals surface area contributed by atoms with Gasteiger partial charge in [-0.05, 0) is 44.0 Å². The molecule has 0 aliphatic carbocycles. The second-order valence-corrected chi connectivity index (χ2v) is 7.64. The van der Waals surface area contributed by atoms with E-state index in [4.69, 9.17) is 0 Å². The van der Waals surface area contributed by atoms with Crippen molar-refractivity contribution < 1.29 is 4.79 Å². The fourth-order valence-corrected chi connectivity index (χ4v) is 4.83. The molecule has 6 rings (SSSR count). The van der Waals surface area contributed by atoms with Gasteiger partial charge in [0.2, 0.25) is 0 Å². The zero-order valence-electron chi connectivity index (χ0n) is 14.5. The van der Waals surface area contributed by atoms with E-state index in [0.29, 0.717) is 6.04 Å². The lowest BCUT2D eigenvalue weighted by atomic mass is 9.83. The van der Waals surface area contributed by atoms with E-state index in [1.54, 1.807) is 6.20 Å². The smallest absolute Gasteiger partial charge is 0.255 e. The van der Waals surface area contributed by atoms with E-state index in [-0.39, 0.29) is 5.91 Å². The molecule has 1 atom stereocenters. The summed E-state index contributed by atoms with van der Waals surface area (Å²) in [6.45, 7) is 7.50. The number of hydrogen-bond acceptors (Lipinski definition) is 4. The van der Waals surface area contributed by atoms with E-state index in [1.807, 2.05) is 33.8 Å². The van der Waals surface area contributed by atoms with Crippen molar-refractivity contribution in [3.8, 4) is 0 Å². The largest absolute Gasteiger partial charge is 0.336 e. The highest BCUT2D eigenvalue weighted by molar-refractivity contribution is 5.94. The number of amides is 1. The summed E-state index contributed by atoms with van der Waals surface area (Å²) in [5.74, 6) is 1.01. The Morgan fingerprint density at radius 1 is 1.04 bits per heavy atom. The van der Waals surface area contributed by atoms with E-state index in [0.717, 1.165) is 43.3 Å². The molecular weight excluding hydrogens is 314 g/mol. The molecule has 4 aliphatic heterocycles. The molecule has 4 aliphatic rings. The van der Waals surface area contributed by atoms with Crippen LogP contribution >= 0.6 is 0 Å². The molecule has 6 heterocycles. The van der Waals surface area contributed by atoms with Crippen LogP contribution < -0.4 is 0 Å². The Bertz CT molecular complexity index is 771. The average Bonchev–Trinajstić information content (AvgIpc) is 3.16.